The average Bonchev–Trinajstić information content (AvgIpc) is 2.36. The van der Waals surface area contributed by atoms with E-state index in [2.05, 4.69) is 17.2 Å². The predicted octanol–water partition coefficient (Wildman–Crippen LogP) is -0.982. The SMILES string of the molecule is CC(O)C(N)C(=O)O.O=C(CCCCCCS)OP(=O)([O-])[O-]. The standard InChI is InChI=1S/C7H15O5PS.C4H9NO3/c8-7(12-13(9,10)11)5-3-1-2-4-6-14;1-2(6)3(5)4(7)8/h14H,1-6H2,(H2,9,10,11);2-3,6H,5H2,1H3,(H,7,8)/p-2. The molecule has 0 spiro atoms. The molecule has 11 heteroatoms. The minimum atomic E-state index is -5.14. The summed E-state index contributed by atoms with van der Waals surface area (Å²) in [6.45, 7) is 1.33. The normalized spacial score (nSPS) is 13.5. The number of carbonyl (C=O) groups is 2. The fourth-order valence-corrected chi connectivity index (χ4v) is 1.68. The predicted molar refractivity (Wildman–Crippen MR) is 77.9 cm³/mol. The second-order valence-corrected chi connectivity index (χ2v) is 5.93. The zero-order chi connectivity index (χ0) is 17.8. The first kappa shape index (κ1) is 23.6. The van der Waals surface area contributed by atoms with Gasteiger partial charge in [0.25, 0.3) is 0 Å². The summed E-state index contributed by atoms with van der Waals surface area (Å²) in [5.74, 6) is -1.36. The number of rotatable bonds is 9. The van der Waals surface area contributed by atoms with E-state index in [0.29, 0.717) is 6.42 Å². The number of phosphoric ester groups is 1. The third-order valence-corrected chi connectivity index (χ3v) is 3.05. The molecule has 22 heavy (non-hydrogen) atoms. The van der Waals surface area contributed by atoms with E-state index < -0.39 is 31.9 Å². The molecule has 0 aliphatic rings. The lowest BCUT2D eigenvalue weighted by Gasteiger charge is -2.27. The summed E-state index contributed by atoms with van der Waals surface area (Å²) in [5, 5.41) is 16.6. The van der Waals surface area contributed by atoms with Crippen LogP contribution in [0.3, 0.4) is 0 Å². The Hall–Kier alpha value is -0.640. The largest absolute Gasteiger partial charge is 0.780 e. The van der Waals surface area contributed by atoms with Gasteiger partial charge in [-0.15, -0.1) is 0 Å². The van der Waals surface area contributed by atoms with Gasteiger partial charge in [0.2, 0.25) is 0 Å². The molecule has 0 bridgehead atoms. The second kappa shape index (κ2) is 12.9. The summed E-state index contributed by atoms with van der Waals surface area (Å²) in [4.78, 5) is 40.5. The van der Waals surface area contributed by atoms with Crippen molar-refractivity contribution in [3.05, 3.63) is 0 Å². The van der Waals surface area contributed by atoms with E-state index in [-0.39, 0.29) is 6.42 Å². The Balaban J connectivity index is 0. The van der Waals surface area contributed by atoms with E-state index in [0.717, 1.165) is 25.0 Å². The molecule has 2 atom stereocenters. The minimum absolute atomic E-state index is 0.0267. The first-order valence-corrected chi connectivity index (χ1v) is 8.62. The van der Waals surface area contributed by atoms with E-state index in [9.17, 15) is 23.9 Å². The van der Waals surface area contributed by atoms with Gasteiger partial charge in [-0.3, -0.25) is 9.59 Å². The lowest BCUT2D eigenvalue weighted by molar-refractivity contribution is -0.337. The van der Waals surface area contributed by atoms with Gasteiger partial charge in [0, 0.05) is 6.42 Å². The molecule has 9 nitrogen and oxygen atoms in total. The van der Waals surface area contributed by atoms with Crippen molar-refractivity contribution in [2.24, 2.45) is 5.73 Å². The van der Waals surface area contributed by atoms with Gasteiger partial charge in [-0.1, -0.05) is 12.8 Å². The smallest absolute Gasteiger partial charge is 0.323 e. The van der Waals surface area contributed by atoms with Crippen LogP contribution in [0, 0.1) is 0 Å². The number of phosphoric acid groups is 1. The number of hydrogen-bond donors (Lipinski definition) is 4. The van der Waals surface area contributed by atoms with Crippen LogP contribution in [0.25, 0.3) is 0 Å². The van der Waals surface area contributed by atoms with Crippen LogP contribution in [0.2, 0.25) is 0 Å². The van der Waals surface area contributed by atoms with E-state index in [1.165, 1.54) is 6.92 Å². The van der Waals surface area contributed by atoms with Gasteiger partial charge >= 0.3 is 11.9 Å². The Morgan fingerprint density at radius 3 is 2.09 bits per heavy atom. The molecular weight excluding hydrogens is 337 g/mol. The Morgan fingerprint density at radius 1 is 1.27 bits per heavy atom. The van der Waals surface area contributed by atoms with Crippen molar-refractivity contribution >= 4 is 32.4 Å². The highest BCUT2D eigenvalue weighted by molar-refractivity contribution is 7.80. The number of carbonyl (C=O) groups excluding carboxylic acids is 1. The van der Waals surface area contributed by atoms with Crippen LogP contribution in [-0.2, 0) is 18.7 Å². The Bertz CT molecular complexity index is 373. The molecule has 0 amide bonds. The van der Waals surface area contributed by atoms with Gasteiger partial charge in [0.05, 0.1) is 6.10 Å². The number of aliphatic hydroxyl groups is 1. The Kier molecular flexibility index (Phi) is 13.8. The summed E-state index contributed by atoms with van der Waals surface area (Å²) in [6, 6.07) is -1.16. The summed E-state index contributed by atoms with van der Waals surface area (Å²) < 4.78 is 13.6. The highest BCUT2D eigenvalue weighted by Crippen LogP contribution is 2.25. The fraction of sp³-hybridized carbons (Fsp3) is 0.818. The Morgan fingerprint density at radius 2 is 1.77 bits per heavy atom. The van der Waals surface area contributed by atoms with Gasteiger partial charge in [-0.25, -0.2) is 0 Å². The van der Waals surface area contributed by atoms with Crippen LogP contribution in [0.1, 0.15) is 39.0 Å². The minimum Gasteiger partial charge on any atom is -0.780 e. The topological polar surface area (TPSA) is 173 Å². The number of hydrogen-bond acceptors (Lipinski definition) is 9. The number of unbranched alkanes of at least 4 members (excludes halogenated alkanes) is 3. The zero-order valence-electron chi connectivity index (χ0n) is 12.2. The molecule has 0 rings (SSSR count). The van der Waals surface area contributed by atoms with Crippen molar-refractivity contribution in [2.75, 3.05) is 5.75 Å². The van der Waals surface area contributed by atoms with Crippen molar-refractivity contribution in [1.82, 2.24) is 0 Å². The lowest BCUT2D eigenvalue weighted by Crippen LogP contribution is -2.39. The van der Waals surface area contributed by atoms with Crippen LogP contribution in [0.5, 0.6) is 0 Å². The highest BCUT2D eigenvalue weighted by Gasteiger charge is 2.16. The number of aliphatic carboxylic acids is 1. The number of carboxylic acid groups (broad SMARTS) is 1. The molecule has 0 fully saturated rings. The monoisotopic (exact) mass is 359 g/mol. The number of nitrogens with two attached hydrogens (primary N) is 1. The molecule has 0 aromatic rings. The van der Waals surface area contributed by atoms with Crippen LogP contribution in [0.4, 0.5) is 0 Å². The van der Waals surface area contributed by atoms with Crippen molar-refractivity contribution in [2.45, 2.75) is 51.2 Å². The molecule has 0 aromatic heterocycles. The second-order valence-electron chi connectivity index (χ2n) is 4.40. The summed E-state index contributed by atoms with van der Waals surface area (Å²) in [5.41, 5.74) is 4.91. The van der Waals surface area contributed by atoms with Crippen LogP contribution in [0.15, 0.2) is 0 Å². The van der Waals surface area contributed by atoms with Crippen LogP contribution < -0.4 is 15.5 Å². The van der Waals surface area contributed by atoms with E-state index >= 15 is 0 Å². The van der Waals surface area contributed by atoms with Gasteiger partial charge in [0.15, 0.2) is 0 Å². The number of thiol groups is 1. The Labute approximate surface area is 134 Å². The molecule has 0 saturated carbocycles. The van der Waals surface area contributed by atoms with Crippen molar-refractivity contribution in [3.8, 4) is 0 Å². The molecule has 0 heterocycles. The van der Waals surface area contributed by atoms with Crippen molar-refractivity contribution in [3.63, 3.8) is 0 Å². The molecule has 0 aliphatic carbocycles. The van der Waals surface area contributed by atoms with Crippen LogP contribution in [-0.4, -0.2) is 40.1 Å². The average molecular weight is 359 g/mol. The molecule has 0 aliphatic heterocycles. The molecule has 0 saturated heterocycles. The molecule has 2 unspecified atom stereocenters. The van der Waals surface area contributed by atoms with Crippen molar-refractivity contribution in [1.29, 1.82) is 0 Å². The first-order valence-electron chi connectivity index (χ1n) is 6.53. The number of carboxylic acids is 1. The summed E-state index contributed by atoms with van der Waals surface area (Å²) in [7, 11) is -5.14. The molecule has 0 radical (unpaired) electrons. The van der Waals surface area contributed by atoms with E-state index in [1.807, 2.05) is 0 Å². The van der Waals surface area contributed by atoms with Gasteiger partial charge < -0.3 is 34.8 Å². The molecule has 0 aromatic carbocycles. The molecular formula is C11H22NO8PS-2. The summed E-state index contributed by atoms with van der Waals surface area (Å²) >= 11 is 4.01. The molecule has 4 N–H and O–H groups in total. The quantitative estimate of drug-likeness (QED) is 0.229. The fourth-order valence-electron chi connectivity index (χ4n) is 1.11. The summed E-state index contributed by atoms with van der Waals surface area (Å²) in [6.07, 6.45) is 2.22. The lowest BCUT2D eigenvalue weighted by atomic mass is 10.2. The van der Waals surface area contributed by atoms with Gasteiger partial charge in [-0.05, 0) is 25.5 Å². The maximum Gasteiger partial charge on any atom is 0.323 e. The molecule has 132 valence electrons. The van der Waals surface area contributed by atoms with E-state index in [1.54, 1.807) is 0 Å². The maximum atomic E-state index is 10.7. The van der Waals surface area contributed by atoms with Crippen molar-refractivity contribution < 1.29 is 38.7 Å². The van der Waals surface area contributed by atoms with Gasteiger partial charge in [0.1, 0.15) is 13.9 Å². The van der Waals surface area contributed by atoms with E-state index in [4.69, 9.17) is 15.9 Å². The highest BCUT2D eigenvalue weighted by atomic mass is 32.1. The van der Waals surface area contributed by atoms with Gasteiger partial charge in [-0.2, -0.15) is 12.6 Å². The number of aliphatic hydroxyl groups excluding tert-OH is 1. The third kappa shape index (κ3) is 17.4. The first-order chi connectivity index (χ1) is 10.0. The third-order valence-electron chi connectivity index (χ3n) is 2.31. The van der Waals surface area contributed by atoms with Crippen LogP contribution >= 0.6 is 20.5 Å². The maximum absolute atomic E-state index is 10.7. The zero-order valence-corrected chi connectivity index (χ0v) is 14.0.